The van der Waals surface area contributed by atoms with Crippen LogP contribution in [-0.2, 0) is 9.57 Å². The third-order valence-electron chi connectivity index (χ3n) is 1.12. The second-order valence-electron chi connectivity index (χ2n) is 1.97. The van der Waals surface area contributed by atoms with Crippen LogP contribution >= 0.6 is 0 Å². The highest BCUT2D eigenvalue weighted by molar-refractivity contribution is 5.54. The molecule has 0 amide bonds. The molecule has 0 bridgehead atoms. The normalized spacial score (nSPS) is 31.0. The van der Waals surface area contributed by atoms with E-state index >= 15 is 0 Å². The molecule has 0 aromatic rings. The molecule has 0 aromatic heterocycles. The molecule has 0 saturated heterocycles. The van der Waals surface area contributed by atoms with E-state index < -0.39 is 5.85 Å². The number of nitrogens with one attached hydrogen (secondary N) is 1. The van der Waals surface area contributed by atoms with Crippen LogP contribution in [0.15, 0.2) is 5.16 Å². The van der Waals surface area contributed by atoms with Crippen molar-refractivity contribution in [3.05, 3.63) is 0 Å². The molecule has 1 unspecified atom stereocenters. The van der Waals surface area contributed by atoms with Crippen LogP contribution in [0.5, 0.6) is 0 Å². The standard InChI is InChI=1S/C5H11N3O2/c1-2-9-5(6)3-10-8-4-7-5/h4H,2-3,6H2,1H3,(H,7,8). The lowest BCUT2D eigenvalue weighted by Gasteiger charge is -2.29. The van der Waals surface area contributed by atoms with Crippen LogP contribution in [-0.4, -0.2) is 25.4 Å². The fourth-order valence-electron chi connectivity index (χ4n) is 0.689. The summed E-state index contributed by atoms with van der Waals surface area (Å²) >= 11 is 0. The molecule has 1 heterocycles. The first-order valence-corrected chi connectivity index (χ1v) is 3.11. The Balaban J connectivity index is 2.43. The summed E-state index contributed by atoms with van der Waals surface area (Å²) in [6.07, 6.45) is 1.37. The van der Waals surface area contributed by atoms with Gasteiger partial charge in [0.15, 0.2) is 6.61 Å². The van der Waals surface area contributed by atoms with E-state index in [1.165, 1.54) is 6.34 Å². The first kappa shape index (κ1) is 7.30. The lowest BCUT2D eigenvalue weighted by Crippen LogP contribution is -2.60. The molecular formula is C5H11N3O2. The predicted molar refractivity (Wildman–Crippen MR) is 36.1 cm³/mol. The molecule has 0 aliphatic carbocycles. The monoisotopic (exact) mass is 145 g/mol. The summed E-state index contributed by atoms with van der Waals surface area (Å²) in [7, 11) is 0. The van der Waals surface area contributed by atoms with Crippen molar-refractivity contribution < 1.29 is 9.57 Å². The summed E-state index contributed by atoms with van der Waals surface area (Å²) in [6, 6.07) is 0. The van der Waals surface area contributed by atoms with Gasteiger partial charge in [0.05, 0.1) is 0 Å². The van der Waals surface area contributed by atoms with Crippen molar-refractivity contribution in [2.24, 2.45) is 10.9 Å². The number of nitrogens with zero attached hydrogens (tertiary/aromatic N) is 1. The third-order valence-corrected chi connectivity index (χ3v) is 1.12. The van der Waals surface area contributed by atoms with Crippen LogP contribution < -0.4 is 11.1 Å². The van der Waals surface area contributed by atoms with Gasteiger partial charge in [-0.25, -0.2) is 0 Å². The Kier molecular flexibility index (Phi) is 2.08. The van der Waals surface area contributed by atoms with E-state index in [1.54, 1.807) is 0 Å². The zero-order chi connectivity index (χ0) is 7.45. The second kappa shape index (κ2) is 2.85. The van der Waals surface area contributed by atoms with Crippen molar-refractivity contribution >= 4 is 6.34 Å². The fraction of sp³-hybridized carbons (Fsp3) is 0.800. The van der Waals surface area contributed by atoms with Gasteiger partial charge in [-0.2, -0.15) is 0 Å². The van der Waals surface area contributed by atoms with E-state index in [2.05, 4.69) is 10.5 Å². The minimum absolute atomic E-state index is 0.233. The van der Waals surface area contributed by atoms with Gasteiger partial charge in [-0.15, -0.1) is 0 Å². The van der Waals surface area contributed by atoms with Crippen molar-refractivity contribution in [2.75, 3.05) is 13.2 Å². The Morgan fingerprint density at radius 1 is 2.00 bits per heavy atom. The molecule has 1 aliphatic heterocycles. The van der Waals surface area contributed by atoms with E-state index in [-0.39, 0.29) is 6.61 Å². The van der Waals surface area contributed by atoms with Crippen molar-refractivity contribution in [1.29, 1.82) is 0 Å². The van der Waals surface area contributed by atoms with E-state index in [9.17, 15) is 0 Å². The summed E-state index contributed by atoms with van der Waals surface area (Å²) in [5.74, 6) is -0.892. The van der Waals surface area contributed by atoms with Gasteiger partial charge in [-0.05, 0) is 6.92 Å². The van der Waals surface area contributed by atoms with Gasteiger partial charge in [0.2, 0.25) is 5.85 Å². The van der Waals surface area contributed by atoms with Crippen LogP contribution in [0.2, 0.25) is 0 Å². The van der Waals surface area contributed by atoms with Gasteiger partial charge in [0, 0.05) is 6.61 Å². The summed E-state index contributed by atoms with van der Waals surface area (Å²) in [6.45, 7) is 2.64. The van der Waals surface area contributed by atoms with Crippen LogP contribution in [0.1, 0.15) is 6.92 Å². The number of hydrogen-bond donors (Lipinski definition) is 2. The molecule has 0 fully saturated rings. The number of nitrogens with two attached hydrogens (primary N) is 1. The van der Waals surface area contributed by atoms with Crippen LogP contribution in [0.4, 0.5) is 0 Å². The van der Waals surface area contributed by atoms with Crippen molar-refractivity contribution in [2.45, 2.75) is 12.8 Å². The van der Waals surface area contributed by atoms with Gasteiger partial charge in [-0.1, -0.05) is 5.16 Å². The lowest BCUT2D eigenvalue weighted by molar-refractivity contribution is -0.109. The van der Waals surface area contributed by atoms with E-state index in [4.69, 9.17) is 15.3 Å². The van der Waals surface area contributed by atoms with Crippen molar-refractivity contribution in [1.82, 2.24) is 5.32 Å². The highest BCUT2D eigenvalue weighted by Crippen LogP contribution is 2.01. The number of rotatable bonds is 2. The maximum Gasteiger partial charge on any atom is 0.232 e. The Morgan fingerprint density at radius 3 is 3.30 bits per heavy atom. The molecule has 58 valence electrons. The minimum Gasteiger partial charge on any atom is -0.388 e. The van der Waals surface area contributed by atoms with Crippen molar-refractivity contribution in [3.63, 3.8) is 0 Å². The van der Waals surface area contributed by atoms with Gasteiger partial charge in [0.1, 0.15) is 6.34 Å². The van der Waals surface area contributed by atoms with E-state index in [0.29, 0.717) is 6.61 Å². The molecule has 1 atom stereocenters. The van der Waals surface area contributed by atoms with E-state index in [1.807, 2.05) is 6.92 Å². The minimum atomic E-state index is -0.892. The van der Waals surface area contributed by atoms with Gasteiger partial charge >= 0.3 is 0 Å². The lowest BCUT2D eigenvalue weighted by atomic mass is 10.4. The molecule has 0 aromatic carbocycles. The molecule has 0 saturated carbocycles. The van der Waals surface area contributed by atoms with E-state index in [0.717, 1.165) is 0 Å². The summed E-state index contributed by atoms with van der Waals surface area (Å²) in [5, 5.41) is 6.19. The fourth-order valence-corrected chi connectivity index (χ4v) is 0.689. The maximum absolute atomic E-state index is 5.62. The Morgan fingerprint density at radius 2 is 2.80 bits per heavy atom. The smallest absolute Gasteiger partial charge is 0.232 e. The summed E-state index contributed by atoms with van der Waals surface area (Å²) in [4.78, 5) is 4.69. The average Bonchev–Trinajstić information content (AvgIpc) is 1.89. The molecule has 10 heavy (non-hydrogen) atoms. The SMILES string of the molecule is CCOC1(N)CON=CN1. The molecule has 5 nitrogen and oxygen atoms in total. The topological polar surface area (TPSA) is 68.9 Å². The van der Waals surface area contributed by atoms with Crippen LogP contribution in [0.25, 0.3) is 0 Å². The highest BCUT2D eigenvalue weighted by atomic mass is 16.7. The number of ether oxygens (including phenoxy) is 1. The Labute approximate surface area is 59.2 Å². The molecule has 1 aliphatic rings. The largest absolute Gasteiger partial charge is 0.388 e. The Hall–Kier alpha value is -0.810. The average molecular weight is 145 g/mol. The van der Waals surface area contributed by atoms with Crippen LogP contribution in [0, 0.1) is 0 Å². The quantitative estimate of drug-likeness (QED) is 0.499. The second-order valence-corrected chi connectivity index (χ2v) is 1.97. The third kappa shape index (κ3) is 1.58. The van der Waals surface area contributed by atoms with Gasteiger partial charge in [0.25, 0.3) is 0 Å². The van der Waals surface area contributed by atoms with Crippen LogP contribution in [0.3, 0.4) is 0 Å². The zero-order valence-electron chi connectivity index (χ0n) is 5.83. The molecule has 0 radical (unpaired) electrons. The number of hydrogen-bond acceptors (Lipinski definition) is 5. The summed E-state index contributed by atoms with van der Waals surface area (Å²) < 4.78 is 5.12. The zero-order valence-corrected chi connectivity index (χ0v) is 5.83. The first-order chi connectivity index (χ1) is 4.77. The highest BCUT2D eigenvalue weighted by Gasteiger charge is 2.27. The van der Waals surface area contributed by atoms with Crippen molar-refractivity contribution in [3.8, 4) is 0 Å². The maximum atomic E-state index is 5.62. The predicted octanol–water partition coefficient (Wildman–Crippen LogP) is -0.801. The molecular weight excluding hydrogens is 134 g/mol. The molecule has 5 heteroatoms. The molecule has 0 spiro atoms. The number of oxime groups is 1. The molecule has 3 N–H and O–H groups in total. The Bertz CT molecular complexity index is 139. The van der Waals surface area contributed by atoms with Gasteiger partial charge < -0.3 is 14.9 Å². The van der Waals surface area contributed by atoms with Gasteiger partial charge in [-0.3, -0.25) is 5.73 Å². The molecule has 1 rings (SSSR count). The summed E-state index contributed by atoms with van der Waals surface area (Å²) in [5.41, 5.74) is 5.62. The first-order valence-electron chi connectivity index (χ1n) is 3.11.